The van der Waals surface area contributed by atoms with E-state index in [9.17, 15) is 0 Å². The number of thioether (sulfide) groups is 1. The maximum Gasteiger partial charge on any atom is 0.0278 e. The second-order valence-electron chi connectivity index (χ2n) is 3.40. The van der Waals surface area contributed by atoms with E-state index in [1.807, 2.05) is 36.3 Å². The summed E-state index contributed by atoms with van der Waals surface area (Å²) in [5.74, 6) is 0.973. The van der Waals surface area contributed by atoms with Crippen molar-refractivity contribution < 1.29 is 0 Å². The second kappa shape index (κ2) is 7.49. The van der Waals surface area contributed by atoms with E-state index in [1.54, 1.807) is 0 Å². The molecule has 15 heavy (non-hydrogen) atoms. The number of hydrogen-bond acceptors (Lipinski definition) is 3. The molecule has 0 aromatic carbocycles. The van der Waals surface area contributed by atoms with Crippen molar-refractivity contribution in [3.05, 3.63) is 36.7 Å². The molecular weight excluding hydrogens is 204 g/mol. The fourth-order valence-corrected chi connectivity index (χ4v) is 1.90. The summed E-state index contributed by atoms with van der Waals surface area (Å²) < 4.78 is 0. The quantitative estimate of drug-likeness (QED) is 0.436. The molecule has 1 aromatic heterocycles. The molecule has 3 heteroatoms. The molecule has 2 nitrogen and oxygen atoms in total. The lowest BCUT2D eigenvalue weighted by Gasteiger charge is -2.06. The van der Waals surface area contributed by atoms with Crippen LogP contribution in [0.25, 0.3) is 0 Å². The Morgan fingerprint density at radius 1 is 1.47 bits per heavy atom. The van der Waals surface area contributed by atoms with Crippen molar-refractivity contribution in [3.8, 4) is 0 Å². The van der Waals surface area contributed by atoms with Crippen LogP contribution in [0.1, 0.15) is 13.3 Å². The Bertz CT molecular complexity index is 285. The number of rotatable bonds is 7. The topological polar surface area (TPSA) is 24.9 Å². The van der Waals surface area contributed by atoms with E-state index >= 15 is 0 Å². The second-order valence-corrected chi connectivity index (χ2v) is 4.45. The molecule has 82 valence electrons. The predicted molar refractivity (Wildman–Crippen MR) is 67.3 cm³/mol. The maximum absolute atomic E-state index is 4.04. The summed E-state index contributed by atoms with van der Waals surface area (Å²) in [5, 5.41) is 3.35. The molecule has 0 aliphatic heterocycles. The highest BCUT2D eigenvalue weighted by Crippen LogP contribution is 2.18. The van der Waals surface area contributed by atoms with Gasteiger partial charge in [0.25, 0.3) is 0 Å². The number of pyridine rings is 1. The van der Waals surface area contributed by atoms with Crippen LogP contribution in [0.3, 0.4) is 0 Å². The highest BCUT2D eigenvalue weighted by atomic mass is 32.2. The van der Waals surface area contributed by atoms with Crippen molar-refractivity contribution in [2.75, 3.05) is 18.8 Å². The van der Waals surface area contributed by atoms with Gasteiger partial charge in [-0.3, -0.25) is 4.98 Å². The van der Waals surface area contributed by atoms with Crippen LogP contribution in [-0.2, 0) is 0 Å². The van der Waals surface area contributed by atoms with Crippen molar-refractivity contribution in [3.63, 3.8) is 0 Å². The van der Waals surface area contributed by atoms with Crippen molar-refractivity contribution in [2.45, 2.75) is 18.2 Å². The predicted octanol–water partition coefficient (Wildman–Crippen LogP) is 2.73. The van der Waals surface area contributed by atoms with E-state index in [4.69, 9.17) is 0 Å². The zero-order valence-corrected chi connectivity index (χ0v) is 10.0. The average molecular weight is 222 g/mol. The third-order valence-electron chi connectivity index (χ3n) is 1.89. The van der Waals surface area contributed by atoms with E-state index < -0.39 is 0 Å². The highest BCUT2D eigenvalue weighted by Gasteiger charge is 1.96. The molecule has 0 aliphatic rings. The lowest BCUT2D eigenvalue weighted by molar-refractivity contribution is 0.716. The first-order chi connectivity index (χ1) is 7.33. The van der Waals surface area contributed by atoms with Gasteiger partial charge in [0.05, 0.1) is 0 Å². The zero-order valence-electron chi connectivity index (χ0n) is 9.20. The summed E-state index contributed by atoms with van der Waals surface area (Å²) >= 11 is 1.81. The fourth-order valence-electron chi connectivity index (χ4n) is 1.11. The minimum Gasteiger partial charge on any atom is -0.313 e. The van der Waals surface area contributed by atoms with Crippen molar-refractivity contribution in [1.29, 1.82) is 0 Å². The molecule has 0 spiro atoms. The van der Waals surface area contributed by atoms with Gasteiger partial charge < -0.3 is 5.32 Å². The van der Waals surface area contributed by atoms with Gasteiger partial charge in [-0.25, -0.2) is 0 Å². The van der Waals surface area contributed by atoms with Gasteiger partial charge in [0.2, 0.25) is 0 Å². The molecule has 0 unspecified atom stereocenters. The first-order valence-corrected chi connectivity index (χ1v) is 6.21. The summed E-state index contributed by atoms with van der Waals surface area (Å²) in [6.45, 7) is 8.20. The number of hydrogen-bond donors (Lipinski definition) is 1. The summed E-state index contributed by atoms with van der Waals surface area (Å²) in [7, 11) is 0. The Morgan fingerprint density at radius 3 is 2.87 bits per heavy atom. The normalized spacial score (nSPS) is 10.2. The van der Waals surface area contributed by atoms with E-state index in [0.717, 1.165) is 18.8 Å². The van der Waals surface area contributed by atoms with Crippen molar-refractivity contribution >= 4 is 11.8 Å². The molecular formula is C12H18N2S. The third kappa shape index (κ3) is 5.60. The Morgan fingerprint density at radius 2 is 2.20 bits per heavy atom. The van der Waals surface area contributed by atoms with Crippen LogP contribution in [-0.4, -0.2) is 23.8 Å². The van der Waals surface area contributed by atoms with Gasteiger partial charge >= 0.3 is 0 Å². The van der Waals surface area contributed by atoms with Gasteiger partial charge in [-0.1, -0.05) is 19.1 Å². The Hall–Kier alpha value is -0.800. The molecule has 0 fully saturated rings. The van der Waals surface area contributed by atoms with Crippen molar-refractivity contribution in [1.82, 2.24) is 10.3 Å². The molecule has 0 saturated heterocycles. The summed E-state index contributed by atoms with van der Waals surface area (Å²) in [6.07, 6.45) is 4.81. The minimum absolute atomic E-state index is 0.923. The fraction of sp³-hybridized carbons (Fsp3) is 0.417. The molecule has 0 radical (unpaired) electrons. The number of aromatic nitrogens is 1. The molecule has 0 saturated carbocycles. The van der Waals surface area contributed by atoms with Crippen LogP contribution in [0, 0.1) is 0 Å². The summed E-state index contributed by atoms with van der Waals surface area (Å²) in [5.41, 5.74) is 1.24. The van der Waals surface area contributed by atoms with Crippen LogP contribution in [0.4, 0.5) is 0 Å². The van der Waals surface area contributed by atoms with Gasteiger partial charge in [-0.2, -0.15) is 0 Å². The van der Waals surface area contributed by atoms with E-state index in [1.165, 1.54) is 16.9 Å². The molecule has 1 N–H and O–H groups in total. The van der Waals surface area contributed by atoms with Crippen LogP contribution in [0.2, 0.25) is 0 Å². The van der Waals surface area contributed by atoms with Crippen molar-refractivity contribution in [2.24, 2.45) is 0 Å². The van der Waals surface area contributed by atoms with E-state index in [0.29, 0.717) is 0 Å². The third-order valence-corrected chi connectivity index (χ3v) is 3.05. The Labute approximate surface area is 96.2 Å². The summed E-state index contributed by atoms with van der Waals surface area (Å²) in [4.78, 5) is 5.24. The Kier molecular flexibility index (Phi) is 6.12. The average Bonchev–Trinajstić information content (AvgIpc) is 2.28. The SMILES string of the molecule is C=C(CNCCC)CSc1ccncc1. The van der Waals surface area contributed by atoms with Crippen LogP contribution in [0.15, 0.2) is 41.6 Å². The molecule has 1 rings (SSSR count). The number of nitrogens with one attached hydrogen (secondary N) is 1. The molecule has 1 heterocycles. The van der Waals surface area contributed by atoms with Gasteiger partial charge in [0, 0.05) is 29.6 Å². The van der Waals surface area contributed by atoms with Gasteiger partial charge in [-0.05, 0) is 25.1 Å². The van der Waals surface area contributed by atoms with Crippen LogP contribution in [0.5, 0.6) is 0 Å². The summed E-state index contributed by atoms with van der Waals surface area (Å²) in [6, 6.07) is 4.05. The number of nitrogens with zero attached hydrogens (tertiary/aromatic N) is 1. The lowest BCUT2D eigenvalue weighted by atomic mass is 10.3. The van der Waals surface area contributed by atoms with Gasteiger partial charge in [0.15, 0.2) is 0 Å². The minimum atomic E-state index is 0.923. The molecule has 0 amide bonds. The largest absolute Gasteiger partial charge is 0.313 e. The molecule has 0 atom stereocenters. The first-order valence-electron chi connectivity index (χ1n) is 5.23. The van der Waals surface area contributed by atoms with Gasteiger partial charge in [0.1, 0.15) is 0 Å². The Balaban J connectivity index is 2.17. The molecule has 0 bridgehead atoms. The van der Waals surface area contributed by atoms with Crippen LogP contribution >= 0.6 is 11.8 Å². The van der Waals surface area contributed by atoms with Gasteiger partial charge in [-0.15, -0.1) is 11.8 Å². The highest BCUT2D eigenvalue weighted by molar-refractivity contribution is 7.99. The lowest BCUT2D eigenvalue weighted by Crippen LogP contribution is -2.18. The smallest absolute Gasteiger partial charge is 0.0278 e. The van der Waals surface area contributed by atoms with E-state index in [-0.39, 0.29) is 0 Å². The maximum atomic E-state index is 4.04. The monoisotopic (exact) mass is 222 g/mol. The van der Waals surface area contributed by atoms with Crippen LogP contribution < -0.4 is 5.32 Å². The standard InChI is InChI=1S/C12H18N2S/c1-3-6-14-9-11(2)10-15-12-4-7-13-8-5-12/h4-5,7-8,14H,2-3,6,9-10H2,1H3. The van der Waals surface area contributed by atoms with E-state index in [2.05, 4.69) is 23.8 Å². The zero-order chi connectivity index (χ0) is 10.9. The molecule has 1 aromatic rings. The first kappa shape index (κ1) is 12.3. The molecule has 0 aliphatic carbocycles.